The minimum Gasteiger partial charge on any atom is -0.490 e. The zero-order chi connectivity index (χ0) is 22.4. The molecule has 0 N–H and O–H groups in total. The van der Waals surface area contributed by atoms with E-state index in [0.29, 0.717) is 31.4 Å². The van der Waals surface area contributed by atoms with Gasteiger partial charge in [-0.1, -0.05) is 36.4 Å². The van der Waals surface area contributed by atoms with Gasteiger partial charge in [0.15, 0.2) is 23.2 Å². The summed E-state index contributed by atoms with van der Waals surface area (Å²) in [7, 11) is 0. The number of unbranched alkanes of at least 4 members (excludes halogenated alkanes) is 1. The van der Waals surface area contributed by atoms with E-state index in [1.165, 1.54) is 13.0 Å². The molecule has 0 atom stereocenters. The highest BCUT2D eigenvalue weighted by Crippen LogP contribution is 2.39. The fourth-order valence-corrected chi connectivity index (χ4v) is 4.04. The van der Waals surface area contributed by atoms with Crippen molar-refractivity contribution in [1.29, 1.82) is 0 Å². The summed E-state index contributed by atoms with van der Waals surface area (Å²) in [5.74, 6) is -3.37. The molecule has 1 aliphatic carbocycles. The average molecular weight is 433 g/mol. The van der Waals surface area contributed by atoms with Crippen LogP contribution in [0.1, 0.15) is 61.1 Å². The van der Waals surface area contributed by atoms with Gasteiger partial charge in [0.1, 0.15) is 0 Å². The Balaban J connectivity index is 1.60. The molecule has 3 rings (SSSR count). The van der Waals surface area contributed by atoms with Crippen LogP contribution in [-0.2, 0) is 0 Å². The van der Waals surface area contributed by atoms with Crippen LogP contribution >= 0.6 is 0 Å². The van der Waals surface area contributed by atoms with E-state index in [9.17, 15) is 17.6 Å². The molecule has 2 aromatic rings. The number of allylic oxidation sites excluding steroid dienone is 2. The molecule has 166 valence electrons. The van der Waals surface area contributed by atoms with Crippen molar-refractivity contribution >= 4 is 6.08 Å². The molecule has 0 amide bonds. The topological polar surface area (TPSA) is 9.23 Å². The second-order valence-electron chi connectivity index (χ2n) is 8.13. The van der Waals surface area contributed by atoms with Crippen molar-refractivity contribution < 1.29 is 22.3 Å². The molecule has 0 radical (unpaired) electrons. The van der Waals surface area contributed by atoms with E-state index in [1.54, 1.807) is 30.4 Å². The van der Waals surface area contributed by atoms with Gasteiger partial charge >= 0.3 is 0 Å². The molecule has 1 fully saturated rings. The molecular formula is C26H28F4O. The van der Waals surface area contributed by atoms with Crippen molar-refractivity contribution in [3.63, 3.8) is 0 Å². The molecule has 0 heterocycles. The van der Waals surface area contributed by atoms with E-state index in [-0.39, 0.29) is 28.7 Å². The Hall–Kier alpha value is -2.56. The van der Waals surface area contributed by atoms with Crippen molar-refractivity contribution in [2.75, 3.05) is 6.61 Å². The van der Waals surface area contributed by atoms with Crippen LogP contribution < -0.4 is 4.74 Å². The molecule has 0 bridgehead atoms. The van der Waals surface area contributed by atoms with Crippen molar-refractivity contribution in [2.45, 2.75) is 51.4 Å². The fourth-order valence-electron chi connectivity index (χ4n) is 4.04. The van der Waals surface area contributed by atoms with Crippen LogP contribution in [0.2, 0.25) is 0 Å². The third kappa shape index (κ3) is 5.57. The largest absolute Gasteiger partial charge is 0.490 e. The van der Waals surface area contributed by atoms with E-state index in [2.05, 4.69) is 6.58 Å². The van der Waals surface area contributed by atoms with Crippen LogP contribution in [0.15, 0.2) is 43.0 Å². The summed E-state index contributed by atoms with van der Waals surface area (Å²) in [5, 5.41) is 0. The zero-order valence-electron chi connectivity index (χ0n) is 17.8. The molecule has 2 aromatic carbocycles. The van der Waals surface area contributed by atoms with Crippen molar-refractivity contribution in [3.8, 4) is 5.75 Å². The van der Waals surface area contributed by atoms with Crippen LogP contribution in [0.4, 0.5) is 17.6 Å². The molecule has 0 aromatic heterocycles. The van der Waals surface area contributed by atoms with E-state index in [1.807, 2.05) is 6.08 Å². The Kier molecular flexibility index (Phi) is 7.94. The Morgan fingerprint density at radius 1 is 0.935 bits per heavy atom. The van der Waals surface area contributed by atoms with Gasteiger partial charge in [0.05, 0.1) is 6.61 Å². The summed E-state index contributed by atoms with van der Waals surface area (Å²) >= 11 is 0. The number of halogens is 4. The van der Waals surface area contributed by atoms with Gasteiger partial charge in [0, 0.05) is 5.56 Å². The lowest BCUT2D eigenvalue weighted by molar-refractivity contribution is 0.288. The molecular weight excluding hydrogens is 404 g/mol. The van der Waals surface area contributed by atoms with Gasteiger partial charge in [-0.25, -0.2) is 13.2 Å². The molecule has 31 heavy (non-hydrogen) atoms. The Bertz CT molecular complexity index is 943. The summed E-state index contributed by atoms with van der Waals surface area (Å²) in [4.78, 5) is 0. The summed E-state index contributed by atoms with van der Waals surface area (Å²) < 4.78 is 62.1. The van der Waals surface area contributed by atoms with E-state index in [4.69, 9.17) is 4.74 Å². The maximum absolute atomic E-state index is 14.6. The van der Waals surface area contributed by atoms with Crippen LogP contribution in [0.25, 0.3) is 6.08 Å². The Labute approximate surface area is 181 Å². The molecule has 1 aliphatic rings. The number of hydrogen-bond acceptors (Lipinski definition) is 1. The van der Waals surface area contributed by atoms with E-state index >= 15 is 0 Å². The average Bonchev–Trinajstić information content (AvgIpc) is 2.78. The highest BCUT2D eigenvalue weighted by molar-refractivity contribution is 5.51. The predicted molar refractivity (Wildman–Crippen MR) is 116 cm³/mol. The van der Waals surface area contributed by atoms with Gasteiger partial charge in [-0.15, -0.1) is 6.58 Å². The number of hydrogen-bond donors (Lipinski definition) is 0. The van der Waals surface area contributed by atoms with Gasteiger partial charge < -0.3 is 4.74 Å². The second kappa shape index (κ2) is 10.7. The highest BCUT2D eigenvalue weighted by Gasteiger charge is 2.26. The third-order valence-corrected chi connectivity index (χ3v) is 5.95. The normalized spacial score (nSPS) is 19.0. The molecule has 0 unspecified atom stereocenters. The summed E-state index contributed by atoms with van der Waals surface area (Å²) in [6, 6.07) is 6.24. The number of ether oxygens (including phenoxy) is 1. The molecule has 5 heteroatoms. The Morgan fingerprint density at radius 3 is 2.39 bits per heavy atom. The number of aryl methyl sites for hydroxylation is 1. The molecule has 1 saturated carbocycles. The Morgan fingerprint density at radius 2 is 1.68 bits per heavy atom. The van der Waals surface area contributed by atoms with Crippen LogP contribution in [0, 0.1) is 36.1 Å². The number of benzene rings is 2. The highest BCUT2D eigenvalue weighted by atomic mass is 19.2. The quantitative estimate of drug-likeness (QED) is 0.234. The monoisotopic (exact) mass is 432 g/mol. The predicted octanol–water partition coefficient (Wildman–Crippen LogP) is 7.88. The minimum absolute atomic E-state index is 0.0608. The lowest BCUT2D eigenvalue weighted by Crippen LogP contribution is -2.14. The van der Waals surface area contributed by atoms with Crippen molar-refractivity contribution in [2.24, 2.45) is 5.92 Å². The van der Waals surface area contributed by atoms with Crippen LogP contribution in [0.3, 0.4) is 0 Å². The molecule has 0 aliphatic heterocycles. The smallest absolute Gasteiger partial charge is 0.200 e. The first kappa shape index (κ1) is 23.1. The fraction of sp³-hybridized carbons (Fsp3) is 0.385. The third-order valence-electron chi connectivity index (χ3n) is 5.95. The van der Waals surface area contributed by atoms with Gasteiger partial charge in [0.25, 0.3) is 0 Å². The lowest BCUT2D eigenvalue weighted by Gasteiger charge is -2.27. The lowest BCUT2D eigenvalue weighted by atomic mass is 9.78. The van der Waals surface area contributed by atoms with Crippen LogP contribution in [-0.4, -0.2) is 6.61 Å². The van der Waals surface area contributed by atoms with Crippen molar-refractivity contribution in [3.05, 3.63) is 83.0 Å². The SMILES string of the molecule is C=CCCCOc1ccc(C2CCC(/C=C/c3ccc(C)c(F)c3F)CC2)c(F)c1F. The van der Waals surface area contributed by atoms with Gasteiger partial charge in [0.2, 0.25) is 5.82 Å². The first-order valence-corrected chi connectivity index (χ1v) is 10.8. The summed E-state index contributed by atoms with van der Waals surface area (Å²) in [6.45, 7) is 5.45. The minimum atomic E-state index is -0.935. The van der Waals surface area contributed by atoms with E-state index in [0.717, 1.165) is 19.3 Å². The standard InChI is InChI=1S/C26H28F4O/c1-3-4-5-16-31-22-15-14-21(25(29)26(22)30)19-11-7-18(8-12-19)9-13-20-10-6-17(2)23(27)24(20)28/h3,6,9-10,13-15,18-19H,1,4-5,7-8,11-12,16H2,2H3/b13-9+. The first-order valence-electron chi connectivity index (χ1n) is 10.8. The molecule has 0 saturated heterocycles. The maximum atomic E-state index is 14.6. The van der Waals surface area contributed by atoms with Gasteiger partial charge in [-0.05, 0) is 74.5 Å². The number of rotatable bonds is 8. The van der Waals surface area contributed by atoms with Crippen molar-refractivity contribution in [1.82, 2.24) is 0 Å². The second-order valence-corrected chi connectivity index (χ2v) is 8.13. The molecule has 0 spiro atoms. The maximum Gasteiger partial charge on any atom is 0.200 e. The molecule has 1 nitrogen and oxygen atoms in total. The summed E-state index contributed by atoms with van der Waals surface area (Å²) in [5.41, 5.74) is 0.879. The summed E-state index contributed by atoms with van der Waals surface area (Å²) in [6.07, 6.45) is 9.67. The zero-order valence-corrected chi connectivity index (χ0v) is 17.8. The van der Waals surface area contributed by atoms with E-state index < -0.39 is 23.3 Å². The van der Waals surface area contributed by atoms with Gasteiger partial charge in [-0.2, -0.15) is 4.39 Å². The first-order chi connectivity index (χ1) is 14.9. The van der Waals surface area contributed by atoms with Gasteiger partial charge in [-0.3, -0.25) is 0 Å². The van der Waals surface area contributed by atoms with Crippen LogP contribution in [0.5, 0.6) is 5.75 Å².